The fourth-order valence-corrected chi connectivity index (χ4v) is 1.47. The molecular weight excluding hydrogens is 164 g/mol. The van der Waals surface area contributed by atoms with Crippen LogP contribution < -0.4 is 0 Å². The van der Waals surface area contributed by atoms with Crippen LogP contribution in [0, 0.1) is 0 Å². The molecule has 0 atom stereocenters. The van der Waals surface area contributed by atoms with Crippen LogP contribution in [0.1, 0.15) is 17.4 Å². The first-order valence-electron chi connectivity index (χ1n) is 4.13. The molecule has 3 nitrogen and oxygen atoms in total. The van der Waals surface area contributed by atoms with Crippen LogP contribution in [0.3, 0.4) is 0 Å². The number of rotatable bonds is 1. The van der Waals surface area contributed by atoms with E-state index in [0.717, 1.165) is 10.9 Å². The molecule has 2 rings (SSSR count). The summed E-state index contributed by atoms with van der Waals surface area (Å²) in [5, 5.41) is 5.08. The lowest BCUT2D eigenvalue weighted by atomic mass is 10.2. The summed E-state index contributed by atoms with van der Waals surface area (Å²) in [4.78, 5) is 11.2. The number of benzene rings is 1. The molecule has 1 heterocycles. The van der Waals surface area contributed by atoms with Crippen molar-refractivity contribution in [3.8, 4) is 0 Å². The Labute approximate surface area is 76.0 Å². The number of hydrogen-bond acceptors (Lipinski definition) is 2. The highest BCUT2D eigenvalue weighted by molar-refractivity contribution is 6.04. The van der Waals surface area contributed by atoms with Crippen molar-refractivity contribution in [2.75, 3.05) is 0 Å². The second-order valence-electron chi connectivity index (χ2n) is 3.05. The lowest BCUT2D eigenvalue weighted by Crippen LogP contribution is -1.95. The third kappa shape index (κ3) is 1.13. The van der Waals surface area contributed by atoms with Crippen LogP contribution in [0.5, 0.6) is 0 Å². The molecule has 0 fully saturated rings. The number of carbonyl (C=O) groups is 1. The topological polar surface area (TPSA) is 34.9 Å². The molecule has 66 valence electrons. The highest BCUT2D eigenvalue weighted by Gasteiger charge is 2.10. The van der Waals surface area contributed by atoms with Crippen LogP contribution in [-0.2, 0) is 7.05 Å². The zero-order valence-electron chi connectivity index (χ0n) is 7.61. The summed E-state index contributed by atoms with van der Waals surface area (Å²) >= 11 is 0. The largest absolute Gasteiger partial charge is 0.293 e. The summed E-state index contributed by atoms with van der Waals surface area (Å²) in [5.74, 6) is 0.0109. The van der Waals surface area contributed by atoms with Gasteiger partial charge in [-0.2, -0.15) is 5.10 Å². The van der Waals surface area contributed by atoms with E-state index in [1.54, 1.807) is 4.68 Å². The third-order valence-corrected chi connectivity index (χ3v) is 2.09. The Morgan fingerprint density at radius 3 is 2.77 bits per heavy atom. The maximum atomic E-state index is 11.2. The molecule has 0 N–H and O–H groups in total. The van der Waals surface area contributed by atoms with Gasteiger partial charge in [-0.15, -0.1) is 0 Å². The molecule has 0 radical (unpaired) electrons. The van der Waals surface area contributed by atoms with Crippen molar-refractivity contribution in [2.45, 2.75) is 6.92 Å². The Morgan fingerprint density at radius 1 is 1.38 bits per heavy atom. The normalized spacial score (nSPS) is 10.6. The molecule has 1 aromatic carbocycles. The summed E-state index contributed by atoms with van der Waals surface area (Å²) in [6.45, 7) is 1.54. The molecule has 0 unspecified atom stereocenters. The van der Waals surface area contributed by atoms with Crippen molar-refractivity contribution in [2.24, 2.45) is 7.05 Å². The Kier molecular flexibility index (Phi) is 1.65. The number of hydrogen-bond donors (Lipinski definition) is 0. The van der Waals surface area contributed by atoms with Crippen LogP contribution in [0.15, 0.2) is 24.3 Å². The van der Waals surface area contributed by atoms with Crippen molar-refractivity contribution in [3.05, 3.63) is 30.0 Å². The van der Waals surface area contributed by atoms with E-state index in [0.29, 0.717) is 5.69 Å². The van der Waals surface area contributed by atoms with E-state index in [-0.39, 0.29) is 5.78 Å². The Balaban J connectivity index is 2.85. The number of carbonyl (C=O) groups excluding carboxylic acids is 1. The van der Waals surface area contributed by atoms with Gasteiger partial charge in [-0.05, 0) is 6.07 Å². The molecule has 0 bridgehead atoms. The number of Topliss-reactive ketones (excluding diaryl/α,β-unsaturated/α-hetero) is 1. The van der Waals surface area contributed by atoms with Crippen LogP contribution in [-0.4, -0.2) is 15.6 Å². The first kappa shape index (κ1) is 7.98. The summed E-state index contributed by atoms with van der Waals surface area (Å²) < 4.78 is 1.73. The molecule has 0 saturated carbocycles. The van der Waals surface area contributed by atoms with E-state index in [1.165, 1.54) is 6.92 Å². The van der Waals surface area contributed by atoms with Gasteiger partial charge in [-0.3, -0.25) is 9.48 Å². The van der Waals surface area contributed by atoms with Gasteiger partial charge in [0.1, 0.15) is 5.69 Å². The summed E-state index contributed by atoms with van der Waals surface area (Å²) in [5.41, 5.74) is 1.55. The van der Waals surface area contributed by atoms with E-state index in [9.17, 15) is 4.79 Å². The number of fused-ring (bicyclic) bond motifs is 1. The molecule has 2 aromatic rings. The zero-order chi connectivity index (χ0) is 9.42. The predicted octanol–water partition coefficient (Wildman–Crippen LogP) is 1.78. The van der Waals surface area contributed by atoms with Gasteiger partial charge in [-0.1, -0.05) is 18.2 Å². The van der Waals surface area contributed by atoms with Crippen LogP contribution >= 0.6 is 0 Å². The van der Waals surface area contributed by atoms with Gasteiger partial charge >= 0.3 is 0 Å². The number of para-hydroxylation sites is 1. The average Bonchev–Trinajstić information content (AvgIpc) is 2.45. The smallest absolute Gasteiger partial charge is 0.180 e. The average molecular weight is 174 g/mol. The maximum Gasteiger partial charge on any atom is 0.180 e. The predicted molar refractivity (Wildman–Crippen MR) is 50.7 cm³/mol. The maximum absolute atomic E-state index is 11.2. The first-order chi connectivity index (χ1) is 6.20. The van der Waals surface area contributed by atoms with Crippen LogP contribution in [0.4, 0.5) is 0 Å². The highest BCUT2D eigenvalue weighted by Crippen LogP contribution is 2.17. The second-order valence-corrected chi connectivity index (χ2v) is 3.05. The fourth-order valence-electron chi connectivity index (χ4n) is 1.47. The number of aryl methyl sites for hydroxylation is 1. The van der Waals surface area contributed by atoms with E-state index < -0.39 is 0 Å². The second kappa shape index (κ2) is 2.69. The van der Waals surface area contributed by atoms with Gasteiger partial charge in [0.05, 0.1) is 5.52 Å². The van der Waals surface area contributed by atoms with Crippen molar-refractivity contribution < 1.29 is 4.79 Å². The Morgan fingerprint density at radius 2 is 2.08 bits per heavy atom. The van der Waals surface area contributed by atoms with Gasteiger partial charge in [0, 0.05) is 19.4 Å². The summed E-state index contributed by atoms with van der Waals surface area (Å²) in [6.07, 6.45) is 0. The molecule has 0 aliphatic rings. The van der Waals surface area contributed by atoms with E-state index in [1.807, 2.05) is 31.3 Å². The van der Waals surface area contributed by atoms with Crippen LogP contribution in [0.25, 0.3) is 10.9 Å². The molecule has 0 aliphatic heterocycles. The number of ketones is 1. The lowest BCUT2D eigenvalue weighted by Gasteiger charge is -1.90. The van der Waals surface area contributed by atoms with Gasteiger partial charge in [0.2, 0.25) is 0 Å². The van der Waals surface area contributed by atoms with Gasteiger partial charge in [0.25, 0.3) is 0 Å². The molecule has 0 spiro atoms. The molecule has 13 heavy (non-hydrogen) atoms. The highest BCUT2D eigenvalue weighted by atomic mass is 16.1. The monoisotopic (exact) mass is 174 g/mol. The van der Waals surface area contributed by atoms with Crippen molar-refractivity contribution >= 4 is 16.7 Å². The summed E-state index contributed by atoms with van der Waals surface area (Å²) in [7, 11) is 1.84. The first-order valence-corrected chi connectivity index (χ1v) is 4.13. The van der Waals surface area contributed by atoms with E-state index in [4.69, 9.17) is 0 Å². The Bertz CT molecular complexity index is 471. The molecule has 0 aliphatic carbocycles. The Hall–Kier alpha value is -1.64. The minimum atomic E-state index is 0.0109. The standard InChI is InChI=1S/C10H10N2O/c1-7(13)10-8-5-3-4-6-9(8)12(2)11-10/h3-6H,1-2H3. The van der Waals surface area contributed by atoms with Crippen molar-refractivity contribution in [1.82, 2.24) is 9.78 Å². The lowest BCUT2D eigenvalue weighted by molar-refractivity contribution is 0.101. The fraction of sp³-hybridized carbons (Fsp3) is 0.200. The molecule has 0 saturated heterocycles. The third-order valence-electron chi connectivity index (χ3n) is 2.09. The zero-order valence-corrected chi connectivity index (χ0v) is 7.61. The van der Waals surface area contributed by atoms with Crippen molar-refractivity contribution in [1.29, 1.82) is 0 Å². The quantitative estimate of drug-likeness (QED) is 0.617. The molecule has 1 aromatic heterocycles. The number of nitrogens with zero attached hydrogens (tertiary/aromatic N) is 2. The minimum Gasteiger partial charge on any atom is -0.293 e. The molecule has 3 heteroatoms. The van der Waals surface area contributed by atoms with Gasteiger partial charge in [-0.25, -0.2) is 0 Å². The van der Waals surface area contributed by atoms with Crippen molar-refractivity contribution in [3.63, 3.8) is 0 Å². The van der Waals surface area contributed by atoms with E-state index in [2.05, 4.69) is 5.10 Å². The van der Waals surface area contributed by atoms with Gasteiger partial charge < -0.3 is 0 Å². The SMILES string of the molecule is CC(=O)c1nn(C)c2ccccc12. The minimum absolute atomic E-state index is 0.0109. The van der Waals surface area contributed by atoms with Crippen LogP contribution in [0.2, 0.25) is 0 Å². The number of aromatic nitrogens is 2. The summed E-state index contributed by atoms with van der Waals surface area (Å²) in [6, 6.07) is 7.72. The molecule has 0 amide bonds. The molecular formula is C10H10N2O. The van der Waals surface area contributed by atoms with Gasteiger partial charge in [0.15, 0.2) is 5.78 Å². The van der Waals surface area contributed by atoms with E-state index >= 15 is 0 Å².